The van der Waals surface area contributed by atoms with Crippen LogP contribution in [0.25, 0.3) is 22.3 Å². The summed E-state index contributed by atoms with van der Waals surface area (Å²) >= 11 is 0. The lowest BCUT2D eigenvalue weighted by Gasteiger charge is -2.15. The first kappa shape index (κ1) is 23.2. The first-order valence-corrected chi connectivity index (χ1v) is 11.8. The zero-order valence-electron chi connectivity index (χ0n) is 18.9. The van der Waals surface area contributed by atoms with Crippen LogP contribution < -0.4 is 0 Å². The van der Waals surface area contributed by atoms with E-state index in [1.54, 1.807) is 0 Å². The Bertz CT molecular complexity index is 943. The van der Waals surface area contributed by atoms with Gasteiger partial charge in [-0.2, -0.15) is 0 Å². The first-order valence-electron chi connectivity index (χ1n) is 11.8. The molecule has 3 aromatic rings. The van der Waals surface area contributed by atoms with Crippen LogP contribution in [0.3, 0.4) is 0 Å². The van der Waals surface area contributed by atoms with Crippen molar-refractivity contribution in [1.29, 1.82) is 0 Å². The number of unbranched alkanes of at least 4 members (excludes halogenated alkanes) is 5. The molecule has 3 aromatic carbocycles. The van der Waals surface area contributed by atoms with E-state index in [2.05, 4.69) is 6.92 Å². The van der Waals surface area contributed by atoms with Gasteiger partial charge in [0.1, 0.15) is 0 Å². The van der Waals surface area contributed by atoms with Gasteiger partial charge in [0.2, 0.25) is 0 Å². The van der Waals surface area contributed by atoms with Crippen LogP contribution in [-0.2, 0) is 12.8 Å². The van der Waals surface area contributed by atoms with Crippen LogP contribution in [0.15, 0.2) is 60.7 Å². The molecular formula is C29H34F2. The summed E-state index contributed by atoms with van der Waals surface area (Å²) in [6.45, 7) is 4.23. The standard InChI is InChI=1S/C29H34F2/c1-3-5-6-7-8-10-16-25-21-27(29(31)28(30)26(25)13-4-2)24-19-17-23(18-20-24)22-14-11-9-12-15-22/h9,11-12,14-15,17-21H,3-8,10,13,16H2,1-2H3. The minimum atomic E-state index is -0.720. The highest BCUT2D eigenvalue weighted by atomic mass is 19.2. The number of aryl methyl sites for hydroxylation is 1. The molecule has 0 spiro atoms. The molecule has 0 aliphatic heterocycles. The molecule has 0 bridgehead atoms. The van der Waals surface area contributed by atoms with Crippen LogP contribution >= 0.6 is 0 Å². The summed E-state index contributed by atoms with van der Waals surface area (Å²) in [5.41, 5.74) is 4.82. The van der Waals surface area contributed by atoms with E-state index in [-0.39, 0.29) is 0 Å². The average Bonchev–Trinajstić information content (AvgIpc) is 2.81. The second-order valence-corrected chi connectivity index (χ2v) is 8.40. The van der Waals surface area contributed by atoms with E-state index in [4.69, 9.17) is 0 Å². The maximum atomic E-state index is 15.0. The van der Waals surface area contributed by atoms with Crippen molar-refractivity contribution in [1.82, 2.24) is 0 Å². The van der Waals surface area contributed by atoms with E-state index in [9.17, 15) is 0 Å². The van der Waals surface area contributed by atoms with Crippen LogP contribution in [0.2, 0.25) is 0 Å². The topological polar surface area (TPSA) is 0 Å². The van der Waals surface area contributed by atoms with Gasteiger partial charge in [0.15, 0.2) is 11.6 Å². The summed E-state index contributed by atoms with van der Waals surface area (Å²) in [6.07, 6.45) is 9.36. The quantitative estimate of drug-likeness (QED) is 0.271. The monoisotopic (exact) mass is 420 g/mol. The minimum Gasteiger partial charge on any atom is -0.203 e. The van der Waals surface area contributed by atoms with E-state index >= 15 is 8.78 Å². The third kappa shape index (κ3) is 6.03. The molecule has 0 amide bonds. The molecule has 0 saturated heterocycles. The molecule has 0 heterocycles. The third-order valence-corrected chi connectivity index (χ3v) is 6.00. The lowest BCUT2D eigenvalue weighted by Crippen LogP contribution is -2.04. The summed E-state index contributed by atoms with van der Waals surface area (Å²) < 4.78 is 30.1. The SMILES string of the molecule is CCCCCCCCc1cc(-c2ccc(-c3ccccc3)cc2)c(F)c(F)c1CCC. The molecule has 31 heavy (non-hydrogen) atoms. The maximum Gasteiger partial charge on any atom is 0.166 e. The van der Waals surface area contributed by atoms with Gasteiger partial charge in [-0.1, -0.05) is 107 Å². The lowest BCUT2D eigenvalue weighted by atomic mass is 9.91. The van der Waals surface area contributed by atoms with Crippen molar-refractivity contribution in [3.63, 3.8) is 0 Å². The van der Waals surface area contributed by atoms with Crippen molar-refractivity contribution in [2.24, 2.45) is 0 Å². The minimum absolute atomic E-state index is 0.373. The fourth-order valence-electron chi connectivity index (χ4n) is 4.24. The average molecular weight is 421 g/mol. The number of benzene rings is 3. The molecule has 2 heteroatoms. The van der Waals surface area contributed by atoms with Crippen LogP contribution in [0.1, 0.15) is 69.9 Å². The molecule has 0 unspecified atom stereocenters. The van der Waals surface area contributed by atoms with E-state index in [1.165, 1.54) is 25.7 Å². The van der Waals surface area contributed by atoms with Gasteiger partial charge in [0.05, 0.1) is 0 Å². The lowest BCUT2D eigenvalue weighted by molar-refractivity contribution is 0.497. The normalized spacial score (nSPS) is 11.1. The van der Waals surface area contributed by atoms with Crippen LogP contribution in [0.5, 0.6) is 0 Å². The third-order valence-electron chi connectivity index (χ3n) is 6.00. The maximum absolute atomic E-state index is 15.0. The molecule has 0 saturated carbocycles. The molecule has 0 N–H and O–H groups in total. The number of halogens is 2. The Morgan fingerprint density at radius 3 is 1.87 bits per heavy atom. The van der Waals surface area contributed by atoms with Crippen molar-refractivity contribution in [3.05, 3.63) is 83.4 Å². The number of rotatable bonds is 11. The largest absolute Gasteiger partial charge is 0.203 e. The zero-order chi connectivity index (χ0) is 22.1. The van der Waals surface area contributed by atoms with Gasteiger partial charge in [0.25, 0.3) is 0 Å². The number of hydrogen-bond donors (Lipinski definition) is 0. The van der Waals surface area contributed by atoms with Crippen molar-refractivity contribution in [3.8, 4) is 22.3 Å². The van der Waals surface area contributed by atoms with Crippen molar-refractivity contribution in [2.45, 2.75) is 71.6 Å². The summed E-state index contributed by atoms with van der Waals surface area (Å²) in [5.74, 6) is -1.38. The van der Waals surface area contributed by atoms with Gasteiger partial charge in [-0.3, -0.25) is 0 Å². The Kier molecular flexibility index (Phi) is 8.82. The van der Waals surface area contributed by atoms with Crippen LogP contribution in [-0.4, -0.2) is 0 Å². The van der Waals surface area contributed by atoms with Gasteiger partial charge in [0, 0.05) is 5.56 Å². The van der Waals surface area contributed by atoms with E-state index in [0.717, 1.165) is 47.9 Å². The Labute approximate surface area is 186 Å². The molecule has 0 fully saturated rings. The second kappa shape index (κ2) is 11.8. The highest BCUT2D eigenvalue weighted by Gasteiger charge is 2.19. The molecule has 0 aliphatic carbocycles. The molecule has 0 nitrogen and oxygen atoms in total. The fourth-order valence-corrected chi connectivity index (χ4v) is 4.24. The molecule has 0 atom stereocenters. The molecule has 0 radical (unpaired) electrons. The molecule has 3 rings (SSSR count). The van der Waals surface area contributed by atoms with Crippen LogP contribution in [0, 0.1) is 11.6 Å². The van der Waals surface area contributed by atoms with E-state index in [1.807, 2.05) is 67.6 Å². The molecule has 164 valence electrons. The highest BCUT2D eigenvalue weighted by molar-refractivity contribution is 5.71. The van der Waals surface area contributed by atoms with Gasteiger partial charge in [-0.15, -0.1) is 0 Å². The van der Waals surface area contributed by atoms with E-state index in [0.29, 0.717) is 17.5 Å². The summed E-state index contributed by atoms with van der Waals surface area (Å²) in [5, 5.41) is 0. The first-order chi connectivity index (χ1) is 15.2. The molecule has 0 aliphatic rings. The predicted molar refractivity (Wildman–Crippen MR) is 128 cm³/mol. The van der Waals surface area contributed by atoms with Crippen LogP contribution in [0.4, 0.5) is 8.78 Å². The predicted octanol–water partition coefficient (Wildman–Crippen LogP) is 9.15. The van der Waals surface area contributed by atoms with Gasteiger partial charge < -0.3 is 0 Å². The summed E-state index contributed by atoms with van der Waals surface area (Å²) in [4.78, 5) is 0. The summed E-state index contributed by atoms with van der Waals surface area (Å²) in [6, 6.07) is 19.7. The Morgan fingerprint density at radius 1 is 0.581 bits per heavy atom. The van der Waals surface area contributed by atoms with Crippen molar-refractivity contribution >= 4 is 0 Å². The van der Waals surface area contributed by atoms with Gasteiger partial charge in [-0.05, 0) is 53.1 Å². The summed E-state index contributed by atoms with van der Waals surface area (Å²) in [7, 11) is 0. The van der Waals surface area contributed by atoms with Gasteiger partial charge in [-0.25, -0.2) is 8.78 Å². The van der Waals surface area contributed by atoms with Gasteiger partial charge >= 0.3 is 0 Å². The Hall–Kier alpha value is -2.48. The zero-order valence-corrected chi connectivity index (χ0v) is 18.9. The fraction of sp³-hybridized carbons (Fsp3) is 0.379. The highest BCUT2D eigenvalue weighted by Crippen LogP contribution is 2.32. The van der Waals surface area contributed by atoms with Crippen molar-refractivity contribution < 1.29 is 8.78 Å². The smallest absolute Gasteiger partial charge is 0.166 e. The number of hydrogen-bond acceptors (Lipinski definition) is 0. The Balaban J connectivity index is 1.85. The molecule has 0 aromatic heterocycles. The van der Waals surface area contributed by atoms with Crippen molar-refractivity contribution in [2.75, 3.05) is 0 Å². The van der Waals surface area contributed by atoms with E-state index < -0.39 is 11.6 Å². The second-order valence-electron chi connectivity index (χ2n) is 8.40. The Morgan fingerprint density at radius 2 is 1.19 bits per heavy atom. The molecular weight excluding hydrogens is 386 g/mol.